The van der Waals surface area contributed by atoms with E-state index in [4.69, 9.17) is 9.40 Å². The summed E-state index contributed by atoms with van der Waals surface area (Å²) in [7, 11) is 0. The summed E-state index contributed by atoms with van der Waals surface area (Å²) in [5, 5.41) is 9.04. The second-order valence-corrected chi connectivity index (χ2v) is 6.55. The molecule has 0 fully saturated rings. The summed E-state index contributed by atoms with van der Waals surface area (Å²) in [6.45, 7) is 9.56. The van der Waals surface area contributed by atoms with E-state index in [-0.39, 0.29) is 0 Å². The summed E-state index contributed by atoms with van der Waals surface area (Å²) in [5.41, 5.74) is 2.32. The summed E-state index contributed by atoms with van der Waals surface area (Å²) in [6, 6.07) is 5.95. The van der Waals surface area contributed by atoms with E-state index in [1.54, 1.807) is 0 Å². The molecule has 3 aromatic heterocycles. The third-order valence-corrected chi connectivity index (χ3v) is 4.40. The Hall–Kier alpha value is -2.63. The van der Waals surface area contributed by atoms with Crippen LogP contribution in [0.2, 0.25) is 0 Å². The normalized spacial score (nSPS) is 17.0. The van der Waals surface area contributed by atoms with Gasteiger partial charge in [-0.3, -0.25) is 4.68 Å². The monoisotopic (exact) mass is 323 g/mol. The minimum absolute atomic E-state index is 0.339. The van der Waals surface area contributed by atoms with E-state index in [0.717, 1.165) is 42.3 Å². The van der Waals surface area contributed by atoms with Gasteiger partial charge in [-0.05, 0) is 44.9 Å². The Kier molecular flexibility index (Phi) is 3.59. The van der Waals surface area contributed by atoms with E-state index in [9.17, 15) is 0 Å². The molecule has 6 heteroatoms. The van der Waals surface area contributed by atoms with Crippen LogP contribution >= 0.6 is 0 Å². The lowest BCUT2D eigenvalue weighted by molar-refractivity contribution is 0.414. The molecule has 0 radical (unpaired) electrons. The molecule has 4 heterocycles. The van der Waals surface area contributed by atoms with E-state index < -0.39 is 0 Å². The second-order valence-electron chi connectivity index (χ2n) is 6.55. The van der Waals surface area contributed by atoms with Crippen molar-refractivity contribution in [2.75, 3.05) is 0 Å². The van der Waals surface area contributed by atoms with Crippen LogP contribution in [0.1, 0.15) is 36.5 Å². The summed E-state index contributed by atoms with van der Waals surface area (Å²) in [5.74, 6) is 3.58. The lowest BCUT2D eigenvalue weighted by Gasteiger charge is -2.23. The van der Waals surface area contributed by atoms with Gasteiger partial charge in [0.15, 0.2) is 5.76 Å². The third kappa shape index (κ3) is 2.68. The van der Waals surface area contributed by atoms with Crippen molar-refractivity contribution in [2.45, 2.75) is 45.7 Å². The number of fused-ring (bicyclic) bond motifs is 1. The maximum Gasteiger partial charge on any atom is 0.217 e. The molecule has 0 N–H and O–H groups in total. The quantitative estimate of drug-likeness (QED) is 0.691. The Balaban J connectivity index is 1.70. The number of rotatable bonds is 4. The molecule has 0 saturated carbocycles. The average molecular weight is 323 g/mol. The van der Waals surface area contributed by atoms with Crippen LogP contribution in [-0.2, 0) is 19.5 Å². The van der Waals surface area contributed by atoms with E-state index in [1.807, 2.05) is 36.9 Å². The highest BCUT2D eigenvalue weighted by Crippen LogP contribution is 2.30. The van der Waals surface area contributed by atoms with Gasteiger partial charge in [-0.1, -0.05) is 12.2 Å². The van der Waals surface area contributed by atoms with Gasteiger partial charge < -0.3 is 4.42 Å². The molecule has 0 bridgehead atoms. The van der Waals surface area contributed by atoms with Crippen LogP contribution in [0.4, 0.5) is 0 Å². The molecule has 0 aromatic carbocycles. The first-order valence-electron chi connectivity index (χ1n) is 8.27. The molecule has 1 unspecified atom stereocenters. The molecule has 6 nitrogen and oxygen atoms in total. The van der Waals surface area contributed by atoms with E-state index in [2.05, 4.69) is 27.5 Å². The number of aryl methyl sites for hydroxylation is 2. The van der Waals surface area contributed by atoms with Crippen LogP contribution in [0.3, 0.4) is 0 Å². The Morgan fingerprint density at radius 3 is 3.00 bits per heavy atom. The highest BCUT2D eigenvalue weighted by Gasteiger charge is 2.26. The van der Waals surface area contributed by atoms with Gasteiger partial charge >= 0.3 is 0 Å². The van der Waals surface area contributed by atoms with Gasteiger partial charge in [0.05, 0.1) is 6.54 Å². The smallest absolute Gasteiger partial charge is 0.217 e. The SMILES string of the molecule is C=C(C)Cn1nc(-c2ccc(C)o2)nc1C1CCn2nccc2C1. The van der Waals surface area contributed by atoms with Crippen molar-refractivity contribution in [2.24, 2.45) is 0 Å². The van der Waals surface area contributed by atoms with Crippen molar-refractivity contribution in [3.8, 4) is 11.6 Å². The fourth-order valence-corrected chi connectivity index (χ4v) is 3.28. The minimum Gasteiger partial charge on any atom is -0.458 e. The Morgan fingerprint density at radius 1 is 1.38 bits per heavy atom. The van der Waals surface area contributed by atoms with Crippen molar-refractivity contribution in [1.29, 1.82) is 0 Å². The number of allylic oxidation sites excluding steroid dienone is 1. The zero-order valence-corrected chi connectivity index (χ0v) is 14.1. The van der Waals surface area contributed by atoms with Crippen LogP contribution < -0.4 is 0 Å². The minimum atomic E-state index is 0.339. The number of hydrogen-bond donors (Lipinski definition) is 0. The first-order valence-corrected chi connectivity index (χ1v) is 8.27. The number of aromatic nitrogens is 5. The highest BCUT2D eigenvalue weighted by molar-refractivity contribution is 5.46. The highest BCUT2D eigenvalue weighted by atomic mass is 16.3. The van der Waals surface area contributed by atoms with Crippen LogP contribution in [-0.4, -0.2) is 24.5 Å². The van der Waals surface area contributed by atoms with Gasteiger partial charge in [-0.2, -0.15) is 5.10 Å². The van der Waals surface area contributed by atoms with Crippen LogP contribution in [0.5, 0.6) is 0 Å². The maximum atomic E-state index is 5.70. The summed E-state index contributed by atoms with van der Waals surface area (Å²) in [4.78, 5) is 4.82. The van der Waals surface area contributed by atoms with Gasteiger partial charge in [0.1, 0.15) is 11.6 Å². The molecule has 4 rings (SSSR count). The molecule has 0 aliphatic carbocycles. The molecule has 24 heavy (non-hydrogen) atoms. The molecule has 0 saturated heterocycles. The van der Waals surface area contributed by atoms with E-state index in [1.165, 1.54) is 5.69 Å². The predicted octanol–water partition coefficient (Wildman–Crippen LogP) is 3.35. The fourth-order valence-electron chi connectivity index (χ4n) is 3.28. The standard InChI is InChI=1S/C18H21N5O/c1-12(2)11-23-18(14-7-9-22-15(10-14)6-8-19-22)20-17(21-23)16-5-4-13(3)24-16/h4-6,8,14H,1,7,9-11H2,2-3H3. The summed E-state index contributed by atoms with van der Waals surface area (Å²) < 4.78 is 9.75. The molecule has 0 spiro atoms. The van der Waals surface area contributed by atoms with Gasteiger partial charge in [-0.25, -0.2) is 9.67 Å². The Labute approximate surface area is 140 Å². The first kappa shape index (κ1) is 14.9. The largest absolute Gasteiger partial charge is 0.458 e. The van der Waals surface area contributed by atoms with Gasteiger partial charge in [0.2, 0.25) is 5.82 Å². The molecule has 1 aliphatic rings. The lowest BCUT2D eigenvalue weighted by Crippen LogP contribution is -2.21. The Morgan fingerprint density at radius 2 is 2.25 bits per heavy atom. The predicted molar refractivity (Wildman–Crippen MR) is 90.6 cm³/mol. The zero-order valence-electron chi connectivity index (χ0n) is 14.1. The van der Waals surface area contributed by atoms with Gasteiger partial charge in [0.25, 0.3) is 0 Å². The molecule has 0 amide bonds. The Bertz CT molecular complexity index is 885. The van der Waals surface area contributed by atoms with Gasteiger partial charge in [0, 0.05) is 24.4 Å². The zero-order chi connectivity index (χ0) is 16.7. The average Bonchev–Trinajstić information content (AvgIpc) is 3.24. The second kappa shape index (κ2) is 5.78. The van der Waals surface area contributed by atoms with Gasteiger partial charge in [-0.15, -0.1) is 5.10 Å². The lowest BCUT2D eigenvalue weighted by atomic mass is 9.95. The topological polar surface area (TPSA) is 61.7 Å². The van der Waals surface area contributed by atoms with Crippen LogP contribution in [0.25, 0.3) is 11.6 Å². The number of furan rings is 1. The van der Waals surface area contributed by atoms with Crippen molar-refractivity contribution in [3.05, 3.63) is 53.8 Å². The van der Waals surface area contributed by atoms with E-state index in [0.29, 0.717) is 18.3 Å². The fraction of sp³-hybridized carbons (Fsp3) is 0.389. The summed E-state index contributed by atoms with van der Waals surface area (Å²) in [6.07, 6.45) is 3.82. The first-order chi connectivity index (χ1) is 11.6. The van der Waals surface area contributed by atoms with Crippen LogP contribution in [0.15, 0.2) is 41.0 Å². The molecular formula is C18H21N5O. The van der Waals surface area contributed by atoms with Crippen molar-refractivity contribution < 1.29 is 4.42 Å². The molecular weight excluding hydrogens is 302 g/mol. The molecule has 1 atom stereocenters. The number of nitrogens with zero attached hydrogens (tertiary/aromatic N) is 5. The molecule has 124 valence electrons. The van der Waals surface area contributed by atoms with Crippen LogP contribution in [0, 0.1) is 6.92 Å². The maximum absolute atomic E-state index is 5.70. The van der Waals surface area contributed by atoms with Crippen molar-refractivity contribution in [1.82, 2.24) is 24.5 Å². The number of hydrogen-bond acceptors (Lipinski definition) is 4. The van der Waals surface area contributed by atoms with Crippen molar-refractivity contribution in [3.63, 3.8) is 0 Å². The molecule has 3 aromatic rings. The van der Waals surface area contributed by atoms with E-state index >= 15 is 0 Å². The van der Waals surface area contributed by atoms with Crippen molar-refractivity contribution >= 4 is 0 Å². The molecule has 1 aliphatic heterocycles. The summed E-state index contributed by atoms with van der Waals surface area (Å²) >= 11 is 0. The third-order valence-electron chi connectivity index (χ3n) is 4.40.